The number of rotatable bonds is 7. The normalized spacial score (nSPS) is 10.5. The van der Waals surface area contributed by atoms with E-state index in [1.165, 1.54) is 0 Å². The number of carbonyl (C=O) groups excluding carboxylic acids is 1. The first kappa shape index (κ1) is 20.3. The van der Waals surface area contributed by atoms with Crippen LogP contribution in [0, 0.1) is 13.8 Å². The summed E-state index contributed by atoms with van der Waals surface area (Å²) in [5.41, 5.74) is 3.40. The highest BCUT2D eigenvalue weighted by Gasteiger charge is 2.15. The molecular weight excluding hydrogens is 370 g/mol. The number of nitrogens with one attached hydrogen (secondary N) is 1. The zero-order valence-electron chi connectivity index (χ0n) is 17.3. The minimum absolute atomic E-state index is 0.121. The molecule has 152 valence electrons. The summed E-state index contributed by atoms with van der Waals surface area (Å²) < 4.78 is 18.3. The van der Waals surface area contributed by atoms with Crippen LogP contribution in [0.25, 0.3) is 0 Å². The van der Waals surface area contributed by atoms with Crippen molar-refractivity contribution >= 4 is 11.6 Å². The lowest BCUT2D eigenvalue weighted by Gasteiger charge is -2.13. The first-order chi connectivity index (χ1) is 13.9. The van der Waals surface area contributed by atoms with Gasteiger partial charge in [0.15, 0.2) is 11.5 Å². The Morgan fingerprint density at radius 2 is 1.69 bits per heavy atom. The molecule has 0 aliphatic rings. The second-order valence-corrected chi connectivity index (χ2v) is 6.64. The number of ether oxygens (including phenoxy) is 3. The quantitative estimate of drug-likeness (QED) is 0.654. The lowest BCUT2D eigenvalue weighted by Crippen LogP contribution is -2.15. The highest BCUT2D eigenvalue weighted by molar-refractivity contribution is 5.92. The summed E-state index contributed by atoms with van der Waals surface area (Å²) in [7, 11) is 5.05. The number of aromatic nitrogens is 2. The second-order valence-electron chi connectivity index (χ2n) is 6.64. The lowest BCUT2D eigenvalue weighted by atomic mass is 10.1. The Labute approximate surface area is 170 Å². The maximum atomic E-state index is 12.6. The Bertz CT molecular complexity index is 1010. The second kappa shape index (κ2) is 8.68. The monoisotopic (exact) mass is 395 g/mol. The predicted molar refractivity (Wildman–Crippen MR) is 111 cm³/mol. The van der Waals surface area contributed by atoms with E-state index in [-0.39, 0.29) is 12.3 Å². The molecule has 2 aromatic carbocycles. The zero-order valence-corrected chi connectivity index (χ0v) is 17.3. The van der Waals surface area contributed by atoms with Crippen molar-refractivity contribution < 1.29 is 19.0 Å². The molecule has 0 saturated heterocycles. The molecule has 0 atom stereocenters. The molecule has 0 unspecified atom stereocenters. The minimum Gasteiger partial charge on any atom is -0.497 e. The molecular formula is C22H25N3O4. The van der Waals surface area contributed by atoms with Gasteiger partial charge in [0.25, 0.3) is 0 Å². The number of nitrogens with zero attached hydrogens (tertiary/aromatic N) is 2. The van der Waals surface area contributed by atoms with Crippen LogP contribution in [0.1, 0.15) is 17.0 Å². The Kier molecular flexibility index (Phi) is 6.07. The molecule has 0 aliphatic heterocycles. The van der Waals surface area contributed by atoms with Gasteiger partial charge in [-0.25, -0.2) is 0 Å². The van der Waals surface area contributed by atoms with Crippen molar-refractivity contribution in [2.45, 2.75) is 20.3 Å². The number of anilines is 1. The van der Waals surface area contributed by atoms with Crippen molar-refractivity contribution in [2.75, 3.05) is 19.5 Å². The molecule has 7 nitrogen and oxygen atoms in total. The van der Waals surface area contributed by atoms with Crippen molar-refractivity contribution in [1.82, 2.24) is 9.78 Å². The van der Waals surface area contributed by atoms with Crippen molar-refractivity contribution in [1.29, 1.82) is 0 Å². The molecule has 1 aromatic heterocycles. The maximum Gasteiger partial charge on any atom is 0.228 e. The Morgan fingerprint density at radius 3 is 2.28 bits per heavy atom. The van der Waals surface area contributed by atoms with Gasteiger partial charge in [-0.2, -0.15) is 5.10 Å². The van der Waals surface area contributed by atoms with Crippen LogP contribution >= 0.6 is 0 Å². The molecule has 1 N–H and O–H groups in total. The fourth-order valence-corrected chi connectivity index (χ4v) is 3.04. The average Bonchev–Trinajstić information content (AvgIpc) is 2.95. The maximum absolute atomic E-state index is 12.6. The van der Waals surface area contributed by atoms with Crippen molar-refractivity contribution in [2.24, 2.45) is 7.05 Å². The highest BCUT2D eigenvalue weighted by atomic mass is 16.5. The number of amides is 1. The third kappa shape index (κ3) is 4.68. The Morgan fingerprint density at radius 1 is 1.00 bits per heavy atom. The fourth-order valence-electron chi connectivity index (χ4n) is 3.04. The van der Waals surface area contributed by atoms with Gasteiger partial charge in [-0.05, 0) is 50.2 Å². The van der Waals surface area contributed by atoms with E-state index in [2.05, 4.69) is 10.4 Å². The third-order valence-corrected chi connectivity index (χ3v) is 4.73. The van der Waals surface area contributed by atoms with E-state index in [4.69, 9.17) is 14.2 Å². The van der Waals surface area contributed by atoms with E-state index in [1.807, 2.05) is 33.0 Å². The van der Waals surface area contributed by atoms with Gasteiger partial charge in [-0.15, -0.1) is 0 Å². The van der Waals surface area contributed by atoms with E-state index in [0.29, 0.717) is 22.9 Å². The molecule has 0 saturated carbocycles. The summed E-state index contributed by atoms with van der Waals surface area (Å²) >= 11 is 0. The molecule has 7 heteroatoms. The summed E-state index contributed by atoms with van der Waals surface area (Å²) in [6.07, 6.45) is 0.256. The van der Waals surface area contributed by atoms with Crippen LogP contribution in [0.3, 0.4) is 0 Å². The van der Waals surface area contributed by atoms with E-state index < -0.39 is 0 Å². The molecule has 0 spiro atoms. The smallest absolute Gasteiger partial charge is 0.228 e. The van der Waals surface area contributed by atoms with Crippen molar-refractivity contribution in [3.8, 4) is 23.0 Å². The number of hydrogen-bond donors (Lipinski definition) is 1. The van der Waals surface area contributed by atoms with Gasteiger partial charge in [-0.3, -0.25) is 9.48 Å². The van der Waals surface area contributed by atoms with Gasteiger partial charge in [0.2, 0.25) is 5.91 Å². The zero-order chi connectivity index (χ0) is 21.0. The SMILES string of the molecule is COc1ccc(Oc2cc(NC(=O)Cc3c(C)nn(C)c3C)ccc2OC)cc1. The van der Waals surface area contributed by atoms with Crippen LogP contribution in [0.5, 0.6) is 23.0 Å². The van der Waals surface area contributed by atoms with Crippen LogP contribution in [-0.4, -0.2) is 29.9 Å². The summed E-state index contributed by atoms with van der Waals surface area (Å²) in [4.78, 5) is 12.6. The molecule has 3 aromatic rings. The van der Waals surface area contributed by atoms with Gasteiger partial charge >= 0.3 is 0 Å². The molecule has 0 fully saturated rings. The summed E-state index contributed by atoms with van der Waals surface area (Å²) in [6.45, 7) is 3.86. The number of hydrogen-bond acceptors (Lipinski definition) is 5. The van der Waals surface area contributed by atoms with Gasteiger partial charge < -0.3 is 19.5 Å². The van der Waals surface area contributed by atoms with E-state index in [9.17, 15) is 4.79 Å². The first-order valence-corrected chi connectivity index (χ1v) is 9.20. The largest absolute Gasteiger partial charge is 0.497 e. The third-order valence-electron chi connectivity index (χ3n) is 4.73. The van der Waals surface area contributed by atoms with Crippen LogP contribution in [0.15, 0.2) is 42.5 Å². The van der Waals surface area contributed by atoms with Gasteiger partial charge in [0, 0.05) is 30.1 Å². The van der Waals surface area contributed by atoms with Crippen molar-refractivity contribution in [3.63, 3.8) is 0 Å². The molecule has 0 radical (unpaired) electrons. The van der Waals surface area contributed by atoms with Gasteiger partial charge in [-0.1, -0.05) is 0 Å². The van der Waals surface area contributed by atoms with E-state index in [1.54, 1.807) is 49.2 Å². The number of carbonyl (C=O) groups is 1. The molecule has 0 aliphatic carbocycles. The van der Waals surface area contributed by atoms with Crippen LogP contribution in [0.2, 0.25) is 0 Å². The Hall–Kier alpha value is -3.48. The van der Waals surface area contributed by atoms with Gasteiger partial charge in [0.1, 0.15) is 11.5 Å². The number of benzene rings is 2. The predicted octanol–water partition coefficient (Wildman–Crippen LogP) is 4.03. The molecule has 0 bridgehead atoms. The van der Waals surface area contributed by atoms with Crippen LogP contribution < -0.4 is 19.5 Å². The number of methoxy groups -OCH3 is 2. The average molecular weight is 395 g/mol. The van der Waals surface area contributed by atoms with E-state index >= 15 is 0 Å². The summed E-state index contributed by atoms with van der Waals surface area (Å²) in [5, 5.41) is 7.28. The summed E-state index contributed by atoms with van der Waals surface area (Å²) in [6, 6.07) is 12.5. The fraction of sp³-hybridized carbons (Fsp3) is 0.273. The topological polar surface area (TPSA) is 74.6 Å². The summed E-state index contributed by atoms with van der Waals surface area (Å²) in [5.74, 6) is 2.33. The van der Waals surface area contributed by atoms with Gasteiger partial charge in [0.05, 0.1) is 26.3 Å². The standard InChI is InChI=1S/C22H25N3O4/c1-14-19(15(2)25(3)24-14)13-22(26)23-16-6-11-20(28-5)21(12-16)29-18-9-7-17(27-4)8-10-18/h6-12H,13H2,1-5H3,(H,23,26). The van der Waals surface area contributed by atoms with Crippen molar-refractivity contribution in [3.05, 3.63) is 59.4 Å². The van der Waals surface area contributed by atoms with Crippen LogP contribution in [-0.2, 0) is 18.3 Å². The lowest BCUT2D eigenvalue weighted by molar-refractivity contribution is -0.115. The molecule has 1 amide bonds. The van der Waals surface area contributed by atoms with E-state index in [0.717, 1.165) is 22.7 Å². The first-order valence-electron chi connectivity index (χ1n) is 9.20. The number of aryl methyl sites for hydroxylation is 2. The highest BCUT2D eigenvalue weighted by Crippen LogP contribution is 2.34. The molecule has 1 heterocycles. The van der Waals surface area contributed by atoms with Crippen LogP contribution in [0.4, 0.5) is 5.69 Å². The Balaban J connectivity index is 1.75. The molecule has 29 heavy (non-hydrogen) atoms. The molecule has 3 rings (SSSR count). The minimum atomic E-state index is -0.121.